The molecule has 0 aliphatic heterocycles. The van der Waals surface area contributed by atoms with Gasteiger partial charge >= 0.3 is 0 Å². The van der Waals surface area contributed by atoms with Crippen LogP contribution in [0.3, 0.4) is 0 Å². The Hall–Kier alpha value is -1.71. The van der Waals surface area contributed by atoms with E-state index < -0.39 is 0 Å². The van der Waals surface area contributed by atoms with Crippen LogP contribution in [0.25, 0.3) is 30.7 Å². The summed E-state index contributed by atoms with van der Waals surface area (Å²) in [6, 6.07) is 11.0. The summed E-state index contributed by atoms with van der Waals surface area (Å²) in [6.45, 7) is 4.29. The molecule has 0 aliphatic carbocycles. The first-order valence-electron chi connectivity index (χ1n) is 6.56. The van der Waals surface area contributed by atoms with E-state index in [1.54, 1.807) is 0 Å². The van der Waals surface area contributed by atoms with Gasteiger partial charge in [0, 0.05) is 26.5 Å². The Labute approximate surface area is 125 Å². The predicted octanol–water partition coefficient (Wildman–Crippen LogP) is 5.79. The van der Waals surface area contributed by atoms with Crippen LogP contribution in [0.5, 0.6) is 0 Å². The summed E-state index contributed by atoms with van der Waals surface area (Å²) >= 11 is 3.67. The Kier molecular flexibility index (Phi) is 2.65. The molecule has 1 aromatic carbocycles. The van der Waals surface area contributed by atoms with Gasteiger partial charge in [-0.25, -0.2) is 0 Å². The zero-order valence-electron chi connectivity index (χ0n) is 11.3. The van der Waals surface area contributed by atoms with Crippen LogP contribution in [0.4, 0.5) is 0 Å². The normalized spacial score (nSPS) is 11.5. The van der Waals surface area contributed by atoms with E-state index >= 15 is 0 Å². The maximum absolute atomic E-state index is 4.67. The second kappa shape index (κ2) is 4.40. The van der Waals surface area contributed by atoms with E-state index in [0.717, 1.165) is 5.69 Å². The molecule has 0 radical (unpaired) electrons. The monoisotopic (exact) mass is 295 g/mol. The van der Waals surface area contributed by atoms with Gasteiger partial charge in [-0.05, 0) is 43.5 Å². The zero-order chi connectivity index (χ0) is 13.7. The van der Waals surface area contributed by atoms with Gasteiger partial charge in [0.25, 0.3) is 0 Å². The Morgan fingerprint density at radius 3 is 2.55 bits per heavy atom. The summed E-state index contributed by atoms with van der Waals surface area (Å²) in [5.74, 6) is 0. The number of hydrogen-bond donors (Lipinski definition) is 0. The van der Waals surface area contributed by atoms with Crippen molar-refractivity contribution in [3.8, 4) is 11.3 Å². The molecule has 0 unspecified atom stereocenters. The molecule has 0 saturated heterocycles. The fraction of sp³-hybridized carbons (Fsp3) is 0.118. The highest BCUT2D eigenvalue weighted by Gasteiger charge is 2.13. The van der Waals surface area contributed by atoms with Gasteiger partial charge in [0.1, 0.15) is 0 Å². The van der Waals surface area contributed by atoms with Crippen molar-refractivity contribution in [1.29, 1.82) is 0 Å². The molecule has 3 heteroatoms. The molecule has 20 heavy (non-hydrogen) atoms. The van der Waals surface area contributed by atoms with Crippen molar-refractivity contribution in [2.24, 2.45) is 0 Å². The second-order valence-electron chi connectivity index (χ2n) is 5.13. The lowest BCUT2D eigenvalue weighted by Gasteiger charge is -2.06. The second-order valence-corrected chi connectivity index (χ2v) is 7.13. The molecule has 3 aromatic heterocycles. The van der Waals surface area contributed by atoms with Crippen molar-refractivity contribution in [2.75, 3.05) is 0 Å². The molecule has 0 spiro atoms. The van der Waals surface area contributed by atoms with E-state index in [4.69, 9.17) is 0 Å². The molecule has 0 bridgehead atoms. The fourth-order valence-corrected chi connectivity index (χ4v) is 5.02. The number of aryl methyl sites for hydroxylation is 2. The molecule has 0 atom stereocenters. The quantitative estimate of drug-likeness (QED) is 0.433. The highest BCUT2D eigenvalue weighted by atomic mass is 32.1. The molecule has 4 aromatic rings. The van der Waals surface area contributed by atoms with E-state index in [1.165, 1.54) is 36.2 Å². The van der Waals surface area contributed by atoms with Gasteiger partial charge in [0.2, 0.25) is 0 Å². The first kappa shape index (κ1) is 12.1. The standard InChI is InChI=1S/C17H13NS2/c1-10-7-11(2)9-12(8-10)16-15-13(3-5-18-16)20-14-4-6-19-17(14)15/h3-9H,1-2H3. The zero-order valence-corrected chi connectivity index (χ0v) is 12.9. The van der Waals surface area contributed by atoms with Crippen LogP contribution in [0, 0.1) is 13.8 Å². The molecule has 98 valence electrons. The lowest BCUT2D eigenvalue weighted by atomic mass is 10.0. The summed E-state index contributed by atoms with van der Waals surface area (Å²) in [5.41, 5.74) is 4.91. The maximum atomic E-state index is 4.67. The van der Waals surface area contributed by atoms with Crippen LogP contribution < -0.4 is 0 Å². The number of fused-ring (bicyclic) bond motifs is 3. The van der Waals surface area contributed by atoms with Crippen molar-refractivity contribution in [3.63, 3.8) is 0 Å². The van der Waals surface area contributed by atoms with Crippen molar-refractivity contribution >= 4 is 42.2 Å². The largest absolute Gasteiger partial charge is 0.255 e. The van der Waals surface area contributed by atoms with Gasteiger partial charge in [0.05, 0.1) is 10.4 Å². The van der Waals surface area contributed by atoms with Crippen molar-refractivity contribution in [1.82, 2.24) is 4.98 Å². The lowest BCUT2D eigenvalue weighted by molar-refractivity contribution is 1.33. The Bertz CT molecular complexity index is 910. The molecule has 0 aliphatic rings. The van der Waals surface area contributed by atoms with E-state index in [9.17, 15) is 0 Å². The van der Waals surface area contributed by atoms with Gasteiger partial charge in [0.15, 0.2) is 0 Å². The summed E-state index contributed by atoms with van der Waals surface area (Å²) < 4.78 is 4.06. The minimum absolute atomic E-state index is 1.11. The molecule has 3 heterocycles. The first-order valence-corrected chi connectivity index (χ1v) is 8.25. The summed E-state index contributed by atoms with van der Waals surface area (Å²) in [6.07, 6.45) is 1.93. The van der Waals surface area contributed by atoms with Gasteiger partial charge in [-0.1, -0.05) is 17.2 Å². The predicted molar refractivity (Wildman–Crippen MR) is 89.9 cm³/mol. The van der Waals surface area contributed by atoms with E-state index in [0.29, 0.717) is 0 Å². The Balaban J connectivity index is 2.12. The molecule has 0 fully saturated rings. The number of nitrogens with zero attached hydrogens (tertiary/aromatic N) is 1. The van der Waals surface area contributed by atoms with Crippen LogP contribution in [0.1, 0.15) is 11.1 Å². The molecule has 1 nitrogen and oxygen atoms in total. The average Bonchev–Trinajstić information content (AvgIpc) is 2.96. The number of benzene rings is 1. The fourth-order valence-electron chi connectivity index (χ4n) is 2.76. The van der Waals surface area contributed by atoms with Crippen molar-refractivity contribution in [3.05, 3.63) is 53.0 Å². The van der Waals surface area contributed by atoms with Gasteiger partial charge < -0.3 is 0 Å². The van der Waals surface area contributed by atoms with Crippen LogP contribution >= 0.6 is 22.7 Å². The minimum atomic E-state index is 1.11. The van der Waals surface area contributed by atoms with E-state index in [-0.39, 0.29) is 0 Å². The number of thiophene rings is 2. The summed E-state index contributed by atoms with van der Waals surface area (Å²) in [4.78, 5) is 4.67. The van der Waals surface area contributed by atoms with Crippen LogP contribution in [0.15, 0.2) is 41.9 Å². The number of rotatable bonds is 1. The van der Waals surface area contributed by atoms with E-state index in [2.05, 4.69) is 54.5 Å². The summed E-state index contributed by atoms with van der Waals surface area (Å²) in [7, 11) is 0. The van der Waals surface area contributed by atoms with Gasteiger partial charge in [-0.3, -0.25) is 4.98 Å². The molecular weight excluding hydrogens is 282 g/mol. The number of hydrogen-bond acceptors (Lipinski definition) is 3. The van der Waals surface area contributed by atoms with Gasteiger partial charge in [-0.2, -0.15) is 0 Å². The Morgan fingerprint density at radius 2 is 1.75 bits per heavy atom. The third-order valence-electron chi connectivity index (χ3n) is 3.48. The average molecular weight is 295 g/mol. The lowest BCUT2D eigenvalue weighted by Crippen LogP contribution is -1.86. The van der Waals surface area contributed by atoms with E-state index in [1.807, 2.05) is 28.9 Å². The highest BCUT2D eigenvalue weighted by Crippen LogP contribution is 2.41. The van der Waals surface area contributed by atoms with Crippen molar-refractivity contribution < 1.29 is 0 Å². The van der Waals surface area contributed by atoms with Crippen LogP contribution in [-0.4, -0.2) is 4.98 Å². The molecular formula is C17H13NS2. The van der Waals surface area contributed by atoms with Gasteiger partial charge in [-0.15, -0.1) is 22.7 Å². The maximum Gasteiger partial charge on any atom is 0.0803 e. The van der Waals surface area contributed by atoms with Crippen LogP contribution in [-0.2, 0) is 0 Å². The first-order chi connectivity index (χ1) is 9.72. The molecule has 4 rings (SSSR count). The highest BCUT2D eigenvalue weighted by molar-refractivity contribution is 7.32. The molecule has 0 N–H and O–H groups in total. The smallest absolute Gasteiger partial charge is 0.0803 e. The minimum Gasteiger partial charge on any atom is -0.255 e. The SMILES string of the molecule is Cc1cc(C)cc(-c2nccc3sc4ccsc4c23)c1. The van der Waals surface area contributed by atoms with Crippen LogP contribution in [0.2, 0.25) is 0 Å². The topological polar surface area (TPSA) is 12.9 Å². The summed E-state index contributed by atoms with van der Waals surface area (Å²) in [5, 5.41) is 3.48. The third-order valence-corrected chi connectivity index (χ3v) is 5.67. The number of aromatic nitrogens is 1. The number of pyridine rings is 1. The molecule has 0 saturated carbocycles. The molecule has 0 amide bonds. The third kappa shape index (κ3) is 1.78. The Morgan fingerprint density at radius 1 is 0.950 bits per heavy atom. The van der Waals surface area contributed by atoms with Crippen molar-refractivity contribution in [2.45, 2.75) is 13.8 Å².